The minimum absolute atomic E-state index is 0.0232. The van der Waals surface area contributed by atoms with Crippen molar-refractivity contribution in [1.29, 1.82) is 0 Å². The van der Waals surface area contributed by atoms with E-state index in [0.29, 0.717) is 18.4 Å². The predicted molar refractivity (Wildman–Crippen MR) is 92.1 cm³/mol. The van der Waals surface area contributed by atoms with E-state index in [1.165, 1.54) is 6.07 Å². The van der Waals surface area contributed by atoms with Gasteiger partial charge in [-0.15, -0.1) is 0 Å². The molecule has 0 bridgehead atoms. The van der Waals surface area contributed by atoms with Crippen LogP contribution < -0.4 is 10.6 Å². The van der Waals surface area contributed by atoms with Crippen LogP contribution >= 0.6 is 0 Å². The molecule has 0 aromatic heterocycles. The maximum atomic E-state index is 13.7. The fraction of sp³-hybridized carbons (Fsp3) is 0.316. The fourth-order valence-electron chi connectivity index (χ4n) is 2.61. The largest absolute Gasteiger partial charge is 0.396 e. The number of hydrogen-bond acceptors (Lipinski definition) is 2. The van der Waals surface area contributed by atoms with Gasteiger partial charge in [-0.1, -0.05) is 48.5 Å². The van der Waals surface area contributed by atoms with Crippen LogP contribution in [0.4, 0.5) is 9.18 Å². The van der Waals surface area contributed by atoms with Gasteiger partial charge in [0, 0.05) is 12.6 Å². The summed E-state index contributed by atoms with van der Waals surface area (Å²) in [6.07, 6.45) is 0.842. The molecule has 1 unspecified atom stereocenters. The molecule has 2 amide bonds. The molecule has 2 atom stereocenters. The van der Waals surface area contributed by atoms with E-state index < -0.39 is 0 Å². The molecule has 0 fully saturated rings. The third kappa shape index (κ3) is 5.35. The number of benzene rings is 2. The summed E-state index contributed by atoms with van der Waals surface area (Å²) in [6.45, 7) is 1.81. The van der Waals surface area contributed by atoms with Crippen molar-refractivity contribution in [3.05, 3.63) is 71.5 Å². The number of rotatable bonds is 7. The van der Waals surface area contributed by atoms with E-state index in [1.807, 2.05) is 37.3 Å². The first-order valence-electron chi connectivity index (χ1n) is 8.06. The van der Waals surface area contributed by atoms with E-state index in [9.17, 15) is 14.3 Å². The maximum Gasteiger partial charge on any atom is 0.315 e. The maximum absolute atomic E-state index is 13.7. The second kappa shape index (κ2) is 9.03. The zero-order chi connectivity index (χ0) is 17.4. The number of urea groups is 1. The molecular weight excluding hydrogens is 307 g/mol. The molecule has 5 heteroatoms. The summed E-state index contributed by atoms with van der Waals surface area (Å²) < 4.78 is 13.7. The highest BCUT2D eigenvalue weighted by atomic mass is 19.1. The number of nitrogens with one attached hydrogen (secondary N) is 2. The highest BCUT2D eigenvalue weighted by Crippen LogP contribution is 2.16. The van der Waals surface area contributed by atoms with E-state index in [0.717, 1.165) is 5.56 Å². The highest BCUT2D eigenvalue weighted by molar-refractivity contribution is 5.74. The van der Waals surface area contributed by atoms with Gasteiger partial charge in [-0.25, -0.2) is 9.18 Å². The summed E-state index contributed by atoms with van der Waals surface area (Å²) in [4.78, 5) is 12.2. The van der Waals surface area contributed by atoms with E-state index >= 15 is 0 Å². The molecule has 3 N–H and O–H groups in total. The van der Waals surface area contributed by atoms with Gasteiger partial charge in [0.1, 0.15) is 5.82 Å². The first-order valence-corrected chi connectivity index (χ1v) is 8.06. The molecule has 0 saturated heterocycles. The number of amides is 2. The summed E-state index contributed by atoms with van der Waals surface area (Å²) in [5.74, 6) is -0.269. The second-order valence-corrected chi connectivity index (χ2v) is 5.79. The molecule has 0 heterocycles. The van der Waals surface area contributed by atoms with Crippen molar-refractivity contribution in [2.24, 2.45) is 0 Å². The van der Waals surface area contributed by atoms with Crippen LogP contribution in [0.3, 0.4) is 0 Å². The third-order valence-corrected chi connectivity index (χ3v) is 3.79. The zero-order valence-corrected chi connectivity index (χ0v) is 13.7. The van der Waals surface area contributed by atoms with Gasteiger partial charge in [0.2, 0.25) is 0 Å². The van der Waals surface area contributed by atoms with Gasteiger partial charge in [0.25, 0.3) is 0 Å². The molecule has 24 heavy (non-hydrogen) atoms. The van der Waals surface area contributed by atoms with Gasteiger partial charge >= 0.3 is 6.03 Å². The molecule has 128 valence electrons. The second-order valence-electron chi connectivity index (χ2n) is 5.79. The SMILES string of the molecule is CC(Cc1ccccc1F)NC(=O)N[C@H](CCO)c1ccccc1. The summed E-state index contributed by atoms with van der Waals surface area (Å²) in [5, 5.41) is 14.9. The molecule has 0 aliphatic rings. The Morgan fingerprint density at radius 2 is 1.75 bits per heavy atom. The summed E-state index contributed by atoms with van der Waals surface area (Å²) in [6, 6.07) is 15.2. The van der Waals surface area contributed by atoms with Gasteiger partial charge in [0.05, 0.1) is 6.04 Å². The highest BCUT2D eigenvalue weighted by Gasteiger charge is 2.16. The smallest absolute Gasteiger partial charge is 0.315 e. The molecule has 0 spiro atoms. The van der Waals surface area contributed by atoms with Crippen molar-refractivity contribution in [3.8, 4) is 0 Å². The van der Waals surface area contributed by atoms with Crippen LogP contribution in [0.2, 0.25) is 0 Å². The van der Waals surface area contributed by atoms with Crippen LogP contribution in [0.1, 0.15) is 30.5 Å². The molecule has 0 aliphatic carbocycles. The molecule has 2 rings (SSSR count). The molecule has 2 aromatic carbocycles. The Bertz CT molecular complexity index is 649. The van der Waals surface area contributed by atoms with E-state index in [-0.39, 0.29) is 30.5 Å². The molecular formula is C19H23FN2O2. The lowest BCUT2D eigenvalue weighted by Gasteiger charge is -2.21. The van der Waals surface area contributed by atoms with Gasteiger partial charge in [0.15, 0.2) is 0 Å². The summed E-state index contributed by atoms with van der Waals surface area (Å²) in [7, 11) is 0. The Morgan fingerprint density at radius 1 is 1.08 bits per heavy atom. The molecule has 0 radical (unpaired) electrons. The predicted octanol–water partition coefficient (Wildman–Crippen LogP) is 3.18. The molecule has 0 saturated carbocycles. The molecule has 4 nitrogen and oxygen atoms in total. The van der Waals surface area contributed by atoms with Gasteiger partial charge in [-0.3, -0.25) is 0 Å². The molecule has 0 aliphatic heterocycles. The lowest BCUT2D eigenvalue weighted by molar-refractivity contribution is 0.226. The first-order chi connectivity index (χ1) is 11.6. The number of aliphatic hydroxyl groups excluding tert-OH is 1. The van der Waals surface area contributed by atoms with Gasteiger partial charge < -0.3 is 15.7 Å². The number of carbonyl (C=O) groups is 1. The van der Waals surface area contributed by atoms with Crippen LogP contribution in [0, 0.1) is 5.82 Å². The Kier molecular flexibility index (Phi) is 6.75. The zero-order valence-electron chi connectivity index (χ0n) is 13.7. The lowest BCUT2D eigenvalue weighted by Crippen LogP contribution is -2.43. The average molecular weight is 330 g/mol. The van der Waals surface area contributed by atoms with Gasteiger partial charge in [-0.05, 0) is 37.0 Å². The van der Waals surface area contributed by atoms with Crippen molar-refractivity contribution in [2.45, 2.75) is 31.8 Å². The van der Waals surface area contributed by atoms with Crippen molar-refractivity contribution in [3.63, 3.8) is 0 Å². The minimum atomic E-state index is -0.332. The van der Waals surface area contributed by atoms with Gasteiger partial charge in [-0.2, -0.15) is 0 Å². The van der Waals surface area contributed by atoms with Crippen molar-refractivity contribution in [2.75, 3.05) is 6.61 Å². The van der Waals surface area contributed by atoms with E-state index in [4.69, 9.17) is 0 Å². The Labute approximate surface area is 141 Å². The first kappa shape index (κ1) is 17.9. The van der Waals surface area contributed by atoms with Crippen LogP contribution in [0.5, 0.6) is 0 Å². The Hall–Kier alpha value is -2.40. The Balaban J connectivity index is 1.92. The lowest BCUT2D eigenvalue weighted by atomic mass is 10.0. The number of aliphatic hydroxyl groups is 1. The van der Waals surface area contributed by atoms with Crippen molar-refractivity contribution in [1.82, 2.24) is 10.6 Å². The summed E-state index contributed by atoms with van der Waals surface area (Å²) in [5.41, 5.74) is 1.50. The van der Waals surface area contributed by atoms with Crippen LogP contribution in [0.15, 0.2) is 54.6 Å². The van der Waals surface area contributed by atoms with Crippen LogP contribution in [-0.2, 0) is 6.42 Å². The standard InChI is InChI=1S/C19H23FN2O2/c1-14(13-16-9-5-6-10-17(16)20)21-19(24)22-18(11-12-23)15-7-3-2-4-8-15/h2-10,14,18,23H,11-13H2,1H3,(H2,21,22,24)/t14?,18-/m1/s1. The number of halogens is 1. The topological polar surface area (TPSA) is 61.4 Å². The van der Waals surface area contributed by atoms with Crippen LogP contribution in [-0.4, -0.2) is 23.8 Å². The Morgan fingerprint density at radius 3 is 2.42 bits per heavy atom. The third-order valence-electron chi connectivity index (χ3n) is 3.79. The monoisotopic (exact) mass is 330 g/mol. The molecule has 2 aromatic rings. The number of hydrogen-bond donors (Lipinski definition) is 3. The normalized spacial score (nSPS) is 13.1. The van der Waals surface area contributed by atoms with Crippen LogP contribution in [0.25, 0.3) is 0 Å². The quantitative estimate of drug-likeness (QED) is 0.730. The van der Waals surface area contributed by atoms with E-state index in [2.05, 4.69) is 10.6 Å². The summed E-state index contributed by atoms with van der Waals surface area (Å²) >= 11 is 0. The van der Waals surface area contributed by atoms with E-state index in [1.54, 1.807) is 18.2 Å². The van der Waals surface area contributed by atoms with Crippen molar-refractivity contribution >= 4 is 6.03 Å². The average Bonchev–Trinajstić information content (AvgIpc) is 2.57. The number of carbonyl (C=O) groups excluding carboxylic acids is 1. The van der Waals surface area contributed by atoms with Crippen molar-refractivity contribution < 1.29 is 14.3 Å². The minimum Gasteiger partial charge on any atom is -0.396 e. The fourth-order valence-corrected chi connectivity index (χ4v) is 2.61.